The monoisotopic (exact) mass is 399 g/mol. The molecule has 5 heteroatoms. The van der Waals surface area contributed by atoms with Gasteiger partial charge in [0, 0.05) is 41.4 Å². The number of nitrogens with zero attached hydrogens (tertiary/aromatic N) is 3. The minimum absolute atomic E-state index is 0.843. The van der Waals surface area contributed by atoms with Gasteiger partial charge in [-0.05, 0) is 61.9 Å². The van der Waals surface area contributed by atoms with Crippen LogP contribution in [0.3, 0.4) is 0 Å². The molecule has 2 unspecified atom stereocenters. The Morgan fingerprint density at radius 3 is 2.87 bits per heavy atom. The highest BCUT2D eigenvalue weighted by Gasteiger charge is 2.30. The number of hydrogen-bond acceptors (Lipinski definition) is 3. The van der Waals surface area contributed by atoms with Gasteiger partial charge in [0.1, 0.15) is 11.3 Å². The third-order valence-electron chi connectivity index (χ3n) is 7.26. The molecule has 2 fully saturated rings. The van der Waals surface area contributed by atoms with Crippen molar-refractivity contribution in [2.45, 2.75) is 45.6 Å². The zero-order chi connectivity index (χ0) is 20.1. The Balaban J connectivity index is 1.26. The molecule has 30 heavy (non-hydrogen) atoms. The van der Waals surface area contributed by atoms with E-state index in [-0.39, 0.29) is 0 Å². The Bertz CT molecular complexity index is 1200. The van der Waals surface area contributed by atoms with Crippen LogP contribution in [0.5, 0.6) is 0 Å². The molecule has 1 aliphatic heterocycles. The fourth-order valence-electron chi connectivity index (χ4n) is 5.74. The van der Waals surface area contributed by atoms with Crippen LogP contribution in [0.4, 0.5) is 0 Å². The third kappa shape index (κ3) is 3.21. The van der Waals surface area contributed by atoms with Gasteiger partial charge in [-0.15, -0.1) is 0 Å². The summed E-state index contributed by atoms with van der Waals surface area (Å²) >= 11 is 0. The van der Waals surface area contributed by atoms with E-state index in [4.69, 9.17) is 0 Å². The normalized spacial score (nSPS) is 22.6. The van der Waals surface area contributed by atoms with Gasteiger partial charge in [-0.1, -0.05) is 31.4 Å². The van der Waals surface area contributed by atoms with E-state index < -0.39 is 0 Å². The second-order valence-corrected chi connectivity index (χ2v) is 9.31. The summed E-state index contributed by atoms with van der Waals surface area (Å²) in [7, 11) is 0. The van der Waals surface area contributed by atoms with Crippen LogP contribution < -0.4 is 0 Å². The molecule has 1 aromatic carbocycles. The van der Waals surface area contributed by atoms with Gasteiger partial charge < -0.3 is 9.97 Å². The van der Waals surface area contributed by atoms with Crippen LogP contribution in [-0.2, 0) is 6.54 Å². The summed E-state index contributed by atoms with van der Waals surface area (Å²) in [5.74, 6) is 2.82. The van der Waals surface area contributed by atoms with E-state index in [0.29, 0.717) is 0 Å². The van der Waals surface area contributed by atoms with Crippen molar-refractivity contribution < 1.29 is 0 Å². The molecule has 2 aliphatic rings. The van der Waals surface area contributed by atoms with Crippen LogP contribution in [0.2, 0.25) is 0 Å². The maximum Gasteiger partial charge on any atom is 0.158 e. The molecular weight excluding hydrogens is 370 g/mol. The summed E-state index contributed by atoms with van der Waals surface area (Å²) < 4.78 is 0. The standard InChI is InChI=1S/C25H29N5/c1-16-27-24-21(8-10-26-25(24)28-16)23-13-19-7-6-17(12-22(19)29-23)14-30-11-9-18-4-2-3-5-20(18)15-30/h6-8,10,12-13,18,20,29H,2-5,9,11,14-15H2,1H3,(H,26,27,28). The molecule has 5 nitrogen and oxygen atoms in total. The van der Waals surface area contributed by atoms with E-state index >= 15 is 0 Å². The molecule has 4 heterocycles. The number of H-pyrrole nitrogens is 2. The first kappa shape index (κ1) is 18.1. The number of hydrogen-bond donors (Lipinski definition) is 2. The predicted octanol–water partition coefficient (Wildman–Crippen LogP) is 5.43. The largest absolute Gasteiger partial charge is 0.354 e. The topological polar surface area (TPSA) is 60.6 Å². The minimum atomic E-state index is 0.843. The lowest BCUT2D eigenvalue weighted by Crippen LogP contribution is -2.41. The van der Waals surface area contributed by atoms with Gasteiger partial charge in [0.25, 0.3) is 0 Å². The highest BCUT2D eigenvalue weighted by molar-refractivity contribution is 5.94. The molecule has 2 N–H and O–H groups in total. The fraction of sp³-hybridized carbons (Fsp3) is 0.440. The Morgan fingerprint density at radius 1 is 1.03 bits per heavy atom. The number of piperidine rings is 1. The lowest BCUT2D eigenvalue weighted by molar-refractivity contribution is 0.0821. The molecule has 0 bridgehead atoms. The number of likely N-dealkylation sites (tertiary alicyclic amines) is 1. The minimum Gasteiger partial charge on any atom is -0.354 e. The zero-order valence-corrected chi connectivity index (χ0v) is 17.6. The van der Waals surface area contributed by atoms with Crippen molar-refractivity contribution in [3.05, 3.63) is 47.9 Å². The van der Waals surface area contributed by atoms with Gasteiger partial charge in [0.05, 0.1) is 0 Å². The van der Waals surface area contributed by atoms with Crippen LogP contribution in [0.25, 0.3) is 33.3 Å². The highest BCUT2D eigenvalue weighted by Crippen LogP contribution is 2.36. The molecule has 3 aromatic heterocycles. The summed E-state index contributed by atoms with van der Waals surface area (Å²) in [4.78, 5) is 18.6. The van der Waals surface area contributed by atoms with Crippen molar-refractivity contribution in [1.82, 2.24) is 24.8 Å². The lowest BCUT2D eigenvalue weighted by atomic mass is 9.75. The number of nitrogens with one attached hydrogen (secondary N) is 2. The van der Waals surface area contributed by atoms with Crippen LogP contribution >= 0.6 is 0 Å². The average Bonchev–Trinajstić information content (AvgIpc) is 3.35. The predicted molar refractivity (Wildman–Crippen MR) is 121 cm³/mol. The fourth-order valence-corrected chi connectivity index (χ4v) is 5.74. The first-order chi connectivity index (χ1) is 14.7. The van der Waals surface area contributed by atoms with Crippen LogP contribution in [0, 0.1) is 18.8 Å². The van der Waals surface area contributed by atoms with Crippen molar-refractivity contribution in [2.24, 2.45) is 11.8 Å². The first-order valence-electron chi connectivity index (χ1n) is 11.4. The Kier molecular flexibility index (Phi) is 4.38. The summed E-state index contributed by atoms with van der Waals surface area (Å²) in [5.41, 5.74) is 6.58. The van der Waals surface area contributed by atoms with E-state index in [0.717, 1.165) is 46.6 Å². The van der Waals surface area contributed by atoms with Crippen molar-refractivity contribution in [3.8, 4) is 11.3 Å². The number of rotatable bonds is 3. The van der Waals surface area contributed by atoms with Crippen molar-refractivity contribution in [1.29, 1.82) is 0 Å². The molecule has 2 atom stereocenters. The highest BCUT2D eigenvalue weighted by atomic mass is 15.1. The lowest BCUT2D eigenvalue weighted by Gasteiger charge is -2.41. The van der Waals surface area contributed by atoms with Gasteiger partial charge in [-0.3, -0.25) is 4.90 Å². The first-order valence-corrected chi connectivity index (χ1v) is 11.4. The Labute approximate surface area is 176 Å². The average molecular weight is 400 g/mol. The summed E-state index contributed by atoms with van der Waals surface area (Å²) in [5, 5.41) is 1.25. The number of aromatic nitrogens is 4. The molecule has 0 radical (unpaired) electrons. The maximum atomic E-state index is 4.64. The van der Waals surface area contributed by atoms with Crippen LogP contribution in [0.15, 0.2) is 36.5 Å². The van der Waals surface area contributed by atoms with Crippen molar-refractivity contribution >= 4 is 22.1 Å². The molecular formula is C25H29N5. The molecule has 0 spiro atoms. The Morgan fingerprint density at radius 2 is 1.93 bits per heavy atom. The second kappa shape index (κ2) is 7.24. The zero-order valence-electron chi connectivity index (χ0n) is 17.6. The Hall–Kier alpha value is -2.66. The molecule has 4 aromatic rings. The number of aryl methyl sites for hydroxylation is 1. The molecule has 154 valence electrons. The molecule has 0 amide bonds. The van der Waals surface area contributed by atoms with E-state index in [1.54, 1.807) is 0 Å². The SMILES string of the molecule is Cc1nc2c(-c3cc4ccc(CN5CCC6CCCCC6C5)cc4[nH]3)ccnc2[nH]1. The van der Waals surface area contributed by atoms with E-state index in [1.165, 1.54) is 61.7 Å². The van der Waals surface area contributed by atoms with Crippen molar-refractivity contribution in [2.75, 3.05) is 13.1 Å². The molecule has 1 saturated heterocycles. The van der Waals surface area contributed by atoms with E-state index in [1.807, 2.05) is 19.2 Å². The summed E-state index contributed by atoms with van der Waals surface area (Å²) in [6.07, 6.45) is 9.03. The smallest absolute Gasteiger partial charge is 0.158 e. The van der Waals surface area contributed by atoms with Gasteiger partial charge in [-0.2, -0.15) is 0 Å². The van der Waals surface area contributed by atoms with Crippen molar-refractivity contribution in [3.63, 3.8) is 0 Å². The number of imidazole rings is 1. The summed E-state index contributed by atoms with van der Waals surface area (Å²) in [6, 6.07) is 11.2. The number of benzene rings is 1. The molecule has 6 rings (SSSR count). The van der Waals surface area contributed by atoms with Gasteiger partial charge in [0.2, 0.25) is 0 Å². The summed E-state index contributed by atoms with van der Waals surface area (Å²) in [6.45, 7) is 5.57. The number of aromatic amines is 2. The number of pyridine rings is 1. The van der Waals surface area contributed by atoms with Crippen LogP contribution in [-0.4, -0.2) is 37.9 Å². The third-order valence-corrected chi connectivity index (χ3v) is 7.26. The van der Waals surface area contributed by atoms with Gasteiger partial charge >= 0.3 is 0 Å². The van der Waals surface area contributed by atoms with E-state index in [2.05, 4.69) is 49.1 Å². The molecule has 1 aliphatic carbocycles. The van der Waals surface area contributed by atoms with Gasteiger partial charge in [0.15, 0.2) is 5.65 Å². The van der Waals surface area contributed by atoms with Crippen LogP contribution in [0.1, 0.15) is 43.5 Å². The van der Waals surface area contributed by atoms with E-state index in [9.17, 15) is 0 Å². The molecule has 1 saturated carbocycles. The number of fused-ring (bicyclic) bond motifs is 3. The van der Waals surface area contributed by atoms with Gasteiger partial charge in [-0.25, -0.2) is 9.97 Å². The second-order valence-electron chi connectivity index (χ2n) is 9.31. The maximum absolute atomic E-state index is 4.64. The quantitative estimate of drug-likeness (QED) is 0.483.